The van der Waals surface area contributed by atoms with Crippen LogP contribution in [0.25, 0.3) is 5.69 Å². The van der Waals surface area contributed by atoms with E-state index in [-0.39, 0.29) is 5.69 Å². The zero-order chi connectivity index (χ0) is 11.7. The first kappa shape index (κ1) is 10.4. The van der Waals surface area contributed by atoms with Crippen LogP contribution in [0.15, 0.2) is 30.7 Å². The maximum atomic E-state index is 10.7. The minimum absolute atomic E-state index is 0.0548. The van der Waals surface area contributed by atoms with Gasteiger partial charge in [-0.15, -0.1) is 0 Å². The Morgan fingerprint density at radius 1 is 1.25 bits per heavy atom. The minimum atomic E-state index is -1.01. The fraction of sp³-hybridized carbons (Fsp3) is 0.167. The quantitative estimate of drug-likeness (QED) is 0.837. The van der Waals surface area contributed by atoms with E-state index in [2.05, 4.69) is 11.1 Å². The Balaban J connectivity index is 2.46. The molecule has 2 aromatic rings. The highest BCUT2D eigenvalue weighted by Crippen LogP contribution is 2.13. The lowest BCUT2D eigenvalue weighted by Gasteiger charge is -2.04. The molecule has 1 heterocycles. The molecule has 4 nitrogen and oxygen atoms in total. The summed E-state index contributed by atoms with van der Waals surface area (Å²) >= 11 is 0. The van der Waals surface area contributed by atoms with Crippen molar-refractivity contribution < 1.29 is 9.90 Å². The lowest BCUT2D eigenvalue weighted by Crippen LogP contribution is -1.96. The number of hydrogen-bond acceptors (Lipinski definition) is 2. The summed E-state index contributed by atoms with van der Waals surface area (Å²) in [7, 11) is 0. The highest BCUT2D eigenvalue weighted by atomic mass is 16.4. The van der Waals surface area contributed by atoms with Gasteiger partial charge >= 0.3 is 5.97 Å². The van der Waals surface area contributed by atoms with Crippen molar-refractivity contribution >= 4 is 5.97 Å². The van der Waals surface area contributed by atoms with Crippen LogP contribution in [0.3, 0.4) is 0 Å². The number of carbonyl (C=O) groups is 1. The SMILES string of the molecule is Cc1cc(C)cc(-n2cnc(C(=O)O)c2)c1. The number of nitrogens with zero attached hydrogens (tertiary/aromatic N) is 2. The molecule has 0 amide bonds. The van der Waals surface area contributed by atoms with Gasteiger partial charge in [0.15, 0.2) is 5.69 Å². The van der Waals surface area contributed by atoms with Gasteiger partial charge in [0.2, 0.25) is 0 Å². The second-order valence-electron chi connectivity index (χ2n) is 3.82. The molecule has 0 aliphatic heterocycles. The molecule has 0 atom stereocenters. The van der Waals surface area contributed by atoms with Gasteiger partial charge in [0.25, 0.3) is 0 Å². The normalized spacial score (nSPS) is 10.4. The standard InChI is InChI=1S/C12H12N2O2/c1-8-3-9(2)5-10(4-8)14-6-11(12(15)16)13-7-14/h3-7H,1-2H3,(H,15,16). The summed E-state index contributed by atoms with van der Waals surface area (Å²) in [5, 5.41) is 8.78. The van der Waals surface area contributed by atoms with Crippen LogP contribution in [0.5, 0.6) is 0 Å². The fourth-order valence-corrected chi connectivity index (χ4v) is 1.67. The van der Waals surface area contributed by atoms with Gasteiger partial charge in [-0.1, -0.05) is 6.07 Å². The Labute approximate surface area is 93.2 Å². The van der Waals surface area contributed by atoms with Crippen molar-refractivity contribution in [3.8, 4) is 5.69 Å². The second-order valence-corrected chi connectivity index (χ2v) is 3.82. The smallest absolute Gasteiger partial charge is 0.356 e. The molecule has 1 N–H and O–H groups in total. The van der Waals surface area contributed by atoms with Crippen molar-refractivity contribution in [3.05, 3.63) is 47.5 Å². The number of aromatic carboxylic acids is 1. The molecular formula is C12H12N2O2. The van der Waals surface area contributed by atoms with E-state index in [0.29, 0.717) is 0 Å². The van der Waals surface area contributed by atoms with Gasteiger partial charge in [-0.2, -0.15) is 0 Å². The highest BCUT2D eigenvalue weighted by molar-refractivity contribution is 5.85. The number of imidazole rings is 1. The van der Waals surface area contributed by atoms with Crippen LogP contribution in [0.1, 0.15) is 21.6 Å². The summed E-state index contributed by atoms with van der Waals surface area (Å²) in [6.45, 7) is 4.01. The molecule has 0 saturated heterocycles. The van der Waals surface area contributed by atoms with Crippen LogP contribution in [0.4, 0.5) is 0 Å². The highest BCUT2D eigenvalue weighted by Gasteiger charge is 2.07. The number of carboxylic acids is 1. The number of rotatable bonds is 2. The van der Waals surface area contributed by atoms with Gasteiger partial charge in [-0.3, -0.25) is 0 Å². The van der Waals surface area contributed by atoms with Crippen molar-refractivity contribution in [1.29, 1.82) is 0 Å². The average Bonchev–Trinajstić information content (AvgIpc) is 2.64. The molecule has 1 aromatic heterocycles. The second kappa shape index (κ2) is 3.81. The molecule has 1 aromatic carbocycles. The molecule has 0 aliphatic carbocycles. The molecule has 0 fully saturated rings. The minimum Gasteiger partial charge on any atom is -0.476 e. The topological polar surface area (TPSA) is 55.1 Å². The lowest BCUT2D eigenvalue weighted by atomic mass is 10.1. The van der Waals surface area contributed by atoms with Crippen LogP contribution in [0.2, 0.25) is 0 Å². The molecule has 16 heavy (non-hydrogen) atoms. The van der Waals surface area contributed by atoms with E-state index in [9.17, 15) is 4.79 Å². The summed E-state index contributed by atoms with van der Waals surface area (Å²) < 4.78 is 1.71. The molecule has 4 heteroatoms. The van der Waals surface area contributed by atoms with Crippen molar-refractivity contribution in [2.75, 3.05) is 0 Å². The van der Waals surface area contributed by atoms with Crippen molar-refractivity contribution in [1.82, 2.24) is 9.55 Å². The predicted molar refractivity (Wildman–Crippen MR) is 60.0 cm³/mol. The Kier molecular flexibility index (Phi) is 2.48. The molecule has 0 bridgehead atoms. The number of benzene rings is 1. The van der Waals surface area contributed by atoms with E-state index in [4.69, 9.17) is 5.11 Å². The van der Waals surface area contributed by atoms with Crippen LogP contribution < -0.4 is 0 Å². The first-order chi connectivity index (χ1) is 7.56. The summed E-state index contributed by atoms with van der Waals surface area (Å²) in [4.78, 5) is 14.5. The van der Waals surface area contributed by atoms with E-state index < -0.39 is 5.97 Å². The van der Waals surface area contributed by atoms with E-state index in [1.165, 1.54) is 12.5 Å². The predicted octanol–water partition coefficient (Wildman–Crippen LogP) is 2.19. The molecule has 0 unspecified atom stereocenters. The number of aromatic nitrogens is 2. The maximum absolute atomic E-state index is 10.7. The Hall–Kier alpha value is -2.10. The summed E-state index contributed by atoms with van der Waals surface area (Å²) in [6, 6.07) is 6.04. The molecule has 82 valence electrons. The van der Waals surface area contributed by atoms with Crippen molar-refractivity contribution in [2.45, 2.75) is 13.8 Å². The van der Waals surface area contributed by atoms with Crippen LogP contribution in [0, 0.1) is 13.8 Å². The summed E-state index contributed by atoms with van der Waals surface area (Å²) in [6.07, 6.45) is 3.02. The molecule has 0 spiro atoms. The van der Waals surface area contributed by atoms with Gasteiger partial charge in [0.1, 0.15) is 6.33 Å². The van der Waals surface area contributed by atoms with Crippen LogP contribution >= 0.6 is 0 Å². The van der Waals surface area contributed by atoms with Crippen LogP contribution in [-0.4, -0.2) is 20.6 Å². The monoisotopic (exact) mass is 216 g/mol. The molecule has 2 rings (SSSR count). The number of aryl methyl sites for hydroxylation is 2. The first-order valence-corrected chi connectivity index (χ1v) is 4.92. The van der Waals surface area contributed by atoms with Gasteiger partial charge in [-0.05, 0) is 37.1 Å². The van der Waals surface area contributed by atoms with E-state index in [1.807, 2.05) is 26.0 Å². The van der Waals surface area contributed by atoms with Gasteiger partial charge in [0.05, 0.1) is 0 Å². The molecular weight excluding hydrogens is 204 g/mol. The molecule has 0 aliphatic rings. The Bertz CT molecular complexity index is 523. The number of hydrogen-bond donors (Lipinski definition) is 1. The third-order valence-corrected chi connectivity index (χ3v) is 2.31. The third-order valence-electron chi connectivity index (χ3n) is 2.31. The molecule has 0 saturated carbocycles. The largest absolute Gasteiger partial charge is 0.476 e. The van der Waals surface area contributed by atoms with Crippen molar-refractivity contribution in [2.24, 2.45) is 0 Å². The van der Waals surface area contributed by atoms with E-state index in [1.54, 1.807) is 4.57 Å². The number of carboxylic acid groups (broad SMARTS) is 1. The Morgan fingerprint density at radius 3 is 2.38 bits per heavy atom. The van der Waals surface area contributed by atoms with E-state index >= 15 is 0 Å². The molecule has 0 radical (unpaired) electrons. The first-order valence-electron chi connectivity index (χ1n) is 4.92. The van der Waals surface area contributed by atoms with Gasteiger partial charge in [0, 0.05) is 11.9 Å². The Morgan fingerprint density at radius 2 is 1.88 bits per heavy atom. The average molecular weight is 216 g/mol. The summed E-state index contributed by atoms with van der Waals surface area (Å²) in [5.41, 5.74) is 3.26. The summed E-state index contributed by atoms with van der Waals surface area (Å²) in [5.74, 6) is -1.01. The zero-order valence-corrected chi connectivity index (χ0v) is 9.14. The lowest BCUT2D eigenvalue weighted by molar-refractivity contribution is 0.0691. The van der Waals surface area contributed by atoms with Gasteiger partial charge < -0.3 is 9.67 Å². The third kappa shape index (κ3) is 1.95. The van der Waals surface area contributed by atoms with Crippen molar-refractivity contribution in [3.63, 3.8) is 0 Å². The van der Waals surface area contributed by atoms with Gasteiger partial charge in [-0.25, -0.2) is 9.78 Å². The maximum Gasteiger partial charge on any atom is 0.356 e. The van der Waals surface area contributed by atoms with Crippen LogP contribution in [-0.2, 0) is 0 Å². The van der Waals surface area contributed by atoms with E-state index in [0.717, 1.165) is 16.8 Å². The fourth-order valence-electron chi connectivity index (χ4n) is 1.67. The zero-order valence-electron chi connectivity index (χ0n) is 9.14.